The third-order valence-corrected chi connectivity index (χ3v) is 3.25. The molecule has 0 aromatic heterocycles. The van der Waals surface area contributed by atoms with Gasteiger partial charge in [0.25, 0.3) is 5.91 Å². The molecule has 0 saturated heterocycles. The molecule has 4 nitrogen and oxygen atoms in total. The summed E-state index contributed by atoms with van der Waals surface area (Å²) >= 11 is 0. The predicted octanol–water partition coefficient (Wildman–Crippen LogP) is 2.87. The Morgan fingerprint density at radius 1 is 1.40 bits per heavy atom. The van der Waals surface area contributed by atoms with Gasteiger partial charge in [0.15, 0.2) is 0 Å². The highest BCUT2D eigenvalue weighted by atomic mass is 16.4. The third-order valence-electron chi connectivity index (χ3n) is 3.25. The Balaban J connectivity index is 2.76. The molecule has 1 aromatic carbocycles. The van der Waals surface area contributed by atoms with Crippen molar-refractivity contribution in [1.29, 1.82) is 0 Å². The first kappa shape index (κ1) is 16.0. The fourth-order valence-corrected chi connectivity index (χ4v) is 1.68. The fraction of sp³-hybridized carbons (Fsp3) is 0.375. The monoisotopic (exact) mass is 275 g/mol. The quantitative estimate of drug-likeness (QED) is 0.784. The lowest BCUT2D eigenvalue weighted by atomic mass is 10.0. The van der Waals surface area contributed by atoms with E-state index < -0.39 is 5.97 Å². The van der Waals surface area contributed by atoms with Crippen molar-refractivity contribution in [2.45, 2.75) is 27.2 Å². The van der Waals surface area contributed by atoms with Gasteiger partial charge in [-0.05, 0) is 42.2 Å². The molecular formula is C16H21NO3. The molecule has 0 spiro atoms. The Morgan fingerprint density at radius 3 is 2.65 bits per heavy atom. The van der Waals surface area contributed by atoms with Crippen LogP contribution >= 0.6 is 0 Å². The molecule has 108 valence electrons. The Labute approximate surface area is 119 Å². The van der Waals surface area contributed by atoms with Crippen LogP contribution in [0.15, 0.2) is 24.3 Å². The molecule has 0 fully saturated rings. The average molecular weight is 275 g/mol. The normalized spacial score (nSPS) is 12.3. The van der Waals surface area contributed by atoms with Gasteiger partial charge in [-0.3, -0.25) is 4.79 Å². The molecule has 0 radical (unpaired) electrons. The maximum absolute atomic E-state index is 12.0. The van der Waals surface area contributed by atoms with E-state index >= 15 is 0 Å². The smallest absolute Gasteiger partial charge is 0.328 e. The largest absolute Gasteiger partial charge is 0.478 e. The second-order valence-corrected chi connectivity index (χ2v) is 4.97. The lowest BCUT2D eigenvalue weighted by Gasteiger charge is -2.11. The van der Waals surface area contributed by atoms with E-state index in [4.69, 9.17) is 5.11 Å². The van der Waals surface area contributed by atoms with Crippen LogP contribution in [0.5, 0.6) is 0 Å². The SMILES string of the molecule is CCC(C)CNC(=O)c1ccc(/C=C/C(=O)O)c(C)c1. The number of carboxylic acids is 1. The van der Waals surface area contributed by atoms with E-state index in [9.17, 15) is 9.59 Å². The van der Waals surface area contributed by atoms with E-state index in [0.29, 0.717) is 18.0 Å². The summed E-state index contributed by atoms with van der Waals surface area (Å²) in [7, 11) is 0. The van der Waals surface area contributed by atoms with Crippen LogP contribution in [0.25, 0.3) is 6.08 Å². The minimum Gasteiger partial charge on any atom is -0.478 e. The van der Waals surface area contributed by atoms with Crippen molar-refractivity contribution in [3.05, 3.63) is 41.0 Å². The van der Waals surface area contributed by atoms with Crippen molar-refractivity contribution >= 4 is 18.0 Å². The van der Waals surface area contributed by atoms with E-state index in [1.54, 1.807) is 18.2 Å². The molecule has 4 heteroatoms. The summed E-state index contributed by atoms with van der Waals surface area (Å²) in [4.78, 5) is 22.5. The highest BCUT2D eigenvalue weighted by Gasteiger charge is 2.08. The van der Waals surface area contributed by atoms with Gasteiger partial charge in [-0.2, -0.15) is 0 Å². The standard InChI is InChI=1S/C16H21NO3/c1-4-11(2)10-17-16(20)14-6-5-13(12(3)9-14)7-8-15(18)19/h5-9,11H,4,10H2,1-3H3,(H,17,20)(H,18,19)/b8-7+. The van der Waals surface area contributed by atoms with Crippen molar-refractivity contribution in [2.24, 2.45) is 5.92 Å². The number of rotatable bonds is 6. The first-order chi connectivity index (χ1) is 9.43. The van der Waals surface area contributed by atoms with E-state index in [1.807, 2.05) is 6.92 Å². The van der Waals surface area contributed by atoms with Gasteiger partial charge in [-0.15, -0.1) is 0 Å². The number of hydrogen-bond acceptors (Lipinski definition) is 2. The molecule has 1 amide bonds. The van der Waals surface area contributed by atoms with E-state index in [0.717, 1.165) is 23.6 Å². The lowest BCUT2D eigenvalue weighted by Crippen LogP contribution is -2.28. The van der Waals surface area contributed by atoms with Gasteiger partial charge in [0.1, 0.15) is 0 Å². The van der Waals surface area contributed by atoms with Crippen LogP contribution in [0.1, 0.15) is 41.8 Å². The zero-order valence-corrected chi connectivity index (χ0v) is 12.1. The number of hydrogen-bond donors (Lipinski definition) is 2. The summed E-state index contributed by atoms with van der Waals surface area (Å²) < 4.78 is 0. The summed E-state index contributed by atoms with van der Waals surface area (Å²) in [6.45, 7) is 6.69. The second kappa shape index (κ2) is 7.48. The summed E-state index contributed by atoms with van der Waals surface area (Å²) in [6, 6.07) is 5.24. The van der Waals surface area contributed by atoms with Crippen LogP contribution in [-0.2, 0) is 4.79 Å². The summed E-state index contributed by atoms with van der Waals surface area (Å²) in [5, 5.41) is 11.5. The van der Waals surface area contributed by atoms with Gasteiger partial charge in [-0.25, -0.2) is 4.79 Å². The van der Waals surface area contributed by atoms with Crippen molar-refractivity contribution in [2.75, 3.05) is 6.54 Å². The summed E-state index contributed by atoms with van der Waals surface area (Å²) in [5.74, 6) is -0.625. The number of carboxylic acid groups (broad SMARTS) is 1. The Hall–Kier alpha value is -2.10. The predicted molar refractivity (Wildman–Crippen MR) is 79.6 cm³/mol. The molecule has 1 unspecified atom stereocenters. The highest BCUT2D eigenvalue weighted by molar-refractivity contribution is 5.95. The number of aryl methyl sites for hydroxylation is 1. The van der Waals surface area contributed by atoms with E-state index in [-0.39, 0.29) is 5.91 Å². The number of carbonyl (C=O) groups excluding carboxylic acids is 1. The number of nitrogens with one attached hydrogen (secondary N) is 1. The van der Waals surface area contributed by atoms with Crippen molar-refractivity contribution in [3.63, 3.8) is 0 Å². The van der Waals surface area contributed by atoms with Crippen molar-refractivity contribution in [3.8, 4) is 0 Å². The Morgan fingerprint density at radius 2 is 2.10 bits per heavy atom. The van der Waals surface area contributed by atoms with Crippen LogP contribution in [0.3, 0.4) is 0 Å². The number of carbonyl (C=O) groups is 2. The van der Waals surface area contributed by atoms with Gasteiger partial charge < -0.3 is 10.4 Å². The highest BCUT2D eigenvalue weighted by Crippen LogP contribution is 2.13. The van der Waals surface area contributed by atoms with Gasteiger partial charge in [0, 0.05) is 18.2 Å². The van der Waals surface area contributed by atoms with Gasteiger partial charge in [0.2, 0.25) is 0 Å². The van der Waals surface area contributed by atoms with Gasteiger partial charge in [0.05, 0.1) is 0 Å². The van der Waals surface area contributed by atoms with Gasteiger partial charge >= 0.3 is 5.97 Å². The van der Waals surface area contributed by atoms with Crippen molar-refractivity contribution in [1.82, 2.24) is 5.32 Å². The number of aliphatic carboxylic acids is 1. The van der Waals surface area contributed by atoms with Crippen LogP contribution in [0.4, 0.5) is 0 Å². The topological polar surface area (TPSA) is 66.4 Å². The average Bonchev–Trinajstić information content (AvgIpc) is 2.42. The second-order valence-electron chi connectivity index (χ2n) is 4.97. The van der Waals surface area contributed by atoms with Crippen molar-refractivity contribution < 1.29 is 14.7 Å². The molecule has 1 rings (SSSR count). The Bertz CT molecular complexity index is 520. The van der Waals surface area contributed by atoms with Crippen LogP contribution in [-0.4, -0.2) is 23.5 Å². The summed E-state index contributed by atoms with van der Waals surface area (Å²) in [6.07, 6.45) is 3.64. The minimum atomic E-state index is -0.986. The molecule has 0 aliphatic carbocycles. The first-order valence-corrected chi connectivity index (χ1v) is 6.74. The molecule has 2 N–H and O–H groups in total. The fourth-order valence-electron chi connectivity index (χ4n) is 1.68. The summed E-state index contributed by atoms with van der Waals surface area (Å²) in [5.41, 5.74) is 2.27. The zero-order chi connectivity index (χ0) is 15.1. The lowest BCUT2D eigenvalue weighted by molar-refractivity contribution is -0.131. The molecule has 0 heterocycles. The molecule has 1 atom stereocenters. The molecule has 1 aromatic rings. The zero-order valence-electron chi connectivity index (χ0n) is 12.1. The maximum Gasteiger partial charge on any atom is 0.328 e. The van der Waals surface area contributed by atoms with Crippen LogP contribution in [0, 0.1) is 12.8 Å². The third kappa shape index (κ3) is 4.88. The van der Waals surface area contributed by atoms with E-state index in [1.165, 1.54) is 6.08 Å². The van der Waals surface area contributed by atoms with Crippen LogP contribution in [0.2, 0.25) is 0 Å². The molecular weight excluding hydrogens is 254 g/mol. The minimum absolute atomic E-state index is 0.0952. The van der Waals surface area contributed by atoms with Crippen LogP contribution < -0.4 is 5.32 Å². The maximum atomic E-state index is 12.0. The number of amides is 1. The molecule has 0 aliphatic rings. The molecule has 0 aliphatic heterocycles. The molecule has 0 saturated carbocycles. The van der Waals surface area contributed by atoms with Gasteiger partial charge in [-0.1, -0.05) is 26.3 Å². The number of benzene rings is 1. The van der Waals surface area contributed by atoms with E-state index in [2.05, 4.69) is 19.2 Å². The first-order valence-electron chi connectivity index (χ1n) is 6.74. The molecule has 0 bridgehead atoms. The molecule has 20 heavy (non-hydrogen) atoms. The Kier molecular flexibility index (Phi) is 5.97.